The van der Waals surface area contributed by atoms with Crippen molar-refractivity contribution < 1.29 is 9.53 Å². The predicted molar refractivity (Wildman–Crippen MR) is 135 cm³/mol. The second-order valence-electron chi connectivity index (χ2n) is 8.11. The Morgan fingerprint density at radius 2 is 1.80 bits per heavy atom. The van der Waals surface area contributed by atoms with E-state index in [2.05, 4.69) is 41.0 Å². The Labute approximate surface area is 202 Å². The Morgan fingerprint density at radius 1 is 1.03 bits per heavy atom. The highest BCUT2D eigenvalue weighted by Crippen LogP contribution is 2.24. The van der Waals surface area contributed by atoms with Crippen molar-refractivity contribution in [3.05, 3.63) is 78.2 Å². The fourth-order valence-corrected chi connectivity index (χ4v) is 3.80. The van der Waals surface area contributed by atoms with Crippen molar-refractivity contribution >= 4 is 28.9 Å². The minimum absolute atomic E-state index is 0.270. The summed E-state index contributed by atoms with van der Waals surface area (Å²) in [5, 5.41) is 16.1. The maximum Gasteiger partial charge on any atom is 0.275 e. The second kappa shape index (κ2) is 10.2. The summed E-state index contributed by atoms with van der Waals surface area (Å²) in [6.45, 7) is 5.72. The molecule has 5 rings (SSSR count). The Morgan fingerprint density at radius 3 is 2.57 bits per heavy atom. The van der Waals surface area contributed by atoms with Crippen LogP contribution in [0.4, 0.5) is 23.0 Å². The molecule has 4 aromatic rings. The summed E-state index contributed by atoms with van der Waals surface area (Å²) in [6, 6.07) is 18.9. The molecule has 178 valence electrons. The van der Waals surface area contributed by atoms with Crippen LogP contribution in [0.1, 0.15) is 16.2 Å². The number of carbonyl (C=O) groups is 1. The number of aromatic nitrogens is 4. The minimum Gasteiger partial charge on any atom is -0.439 e. The van der Waals surface area contributed by atoms with Gasteiger partial charge in [-0.1, -0.05) is 18.2 Å². The maximum absolute atomic E-state index is 12.9. The van der Waals surface area contributed by atoms with E-state index in [0.717, 1.165) is 31.9 Å². The average Bonchev–Trinajstić information content (AvgIpc) is 3.33. The van der Waals surface area contributed by atoms with Crippen LogP contribution in [0.5, 0.6) is 11.6 Å². The molecule has 1 aliphatic heterocycles. The number of nitrogens with zero attached hydrogens (tertiary/aromatic N) is 4. The Kier molecular flexibility index (Phi) is 6.53. The molecule has 1 saturated heterocycles. The number of aryl methyl sites for hydroxylation is 1. The van der Waals surface area contributed by atoms with E-state index in [1.54, 1.807) is 6.07 Å². The van der Waals surface area contributed by atoms with Crippen molar-refractivity contribution in [1.29, 1.82) is 0 Å². The Bertz CT molecular complexity index is 1280. The first-order valence-corrected chi connectivity index (χ1v) is 11.4. The van der Waals surface area contributed by atoms with Gasteiger partial charge in [0.15, 0.2) is 0 Å². The molecule has 4 N–H and O–H groups in total. The number of piperazine rings is 1. The van der Waals surface area contributed by atoms with E-state index >= 15 is 0 Å². The fraction of sp³-hybridized carbons (Fsp3) is 0.200. The SMILES string of the molecule is Cc1cc(Oc2ccccc2)nc(Nc2cn[nH]c2C(=O)Nc2ccc(N3CCNCC3)cc2)n1. The highest BCUT2D eigenvalue weighted by Gasteiger charge is 2.17. The molecule has 1 fully saturated rings. The summed E-state index contributed by atoms with van der Waals surface area (Å²) < 4.78 is 5.83. The van der Waals surface area contributed by atoms with Gasteiger partial charge < -0.3 is 25.6 Å². The first-order valence-electron chi connectivity index (χ1n) is 11.4. The van der Waals surface area contributed by atoms with Crippen LogP contribution in [-0.2, 0) is 0 Å². The van der Waals surface area contributed by atoms with Gasteiger partial charge in [0.2, 0.25) is 11.8 Å². The minimum atomic E-state index is -0.326. The molecule has 10 heteroatoms. The third-order valence-electron chi connectivity index (χ3n) is 5.52. The monoisotopic (exact) mass is 470 g/mol. The number of para-hydroxylation sites is 1. The number of anilines is 4. The number of rotatable bonds is 7. The van der Waals surface area contributed by atoms with Crippen molar-refractivity contribution in [2.45, 2.75) is 6.92 Å². The number of nitrogens with one attached hydrogen (secondary N) is 4. The van der Waals surface area contributed by atoms with Gasteiger partial charge in [-0.15, -0.1) is 0 Å². The lowest BCUT2D eigenvalue weighted by atomic mass is 10.2. The van der Waals surface area contributed by atoms with E-state index in [4.69, 9.17) is 4.74 Å². The lowest BCUT2D eigenvalue weighted by molar-refractivity contribution is 0.102. The predicted octanol–water partition coefficient (Wildman–Crippen LogP) is 3.71. The van der Waals surface area contributed by atoms with E-state index < -0.39 is 0 Å². The van der Waals surface area contributed by atoms with Gasteiger partial charge in [0.25, 0.3) is 5.91 Å². The van der Waals surface area contributed by atoms with Crippen LogP contribution in [0.15, 0.2) is 66.9 Å². The van der Waals surface area contributed by atoms with E-state index in [9.17, 15) is 4.79 Å². The third-order valence-corrected chi connectivity index (χ3v) is 5.52. The van der Waals surface area contributed by atoms with E-state index in [1.165, 1.54) is 6.20 Å². The molecule has 1 aliphatic rings. The molecule has 1 amide bonds. The number of benzene rings is 2. The van der Waals surface area contributed by atoms with Crippen LogP contribution in [-0.4, -0.2) is 52.3 Å². The first-order chi connectivity index (χ1) is 17.1. The largest absolute Gasteiger partial charge is 0.439 e. The molecule has 0 unspecified atom stereocenters. The number of hydrogen-bond donors (Lipinski definition) is 4. The average molecular weight is 471 g/mol. The second-order valence-corrected chi connectivity index (χ2v) is 8.11. The quantitative estimate of drug-likeness (QED) is 0.323. The number of ether oxygens (including phenoxy) is 1. The van der Waals surface area contributed by atoms with Crippen molar-refractivity contribution in [2.75, 3.05) is 41.7 Å². The van der Waals surface area contributed by atoms with Gasteiger partial charge in [-0.3, -0.25) is 9.89 Å². The normalized spacial score (nSPS) is 13.3. The maximum atomic E-state index is 12.9. The summed E-state index contributed by atoms with van der Waals surface area (Å²) in [7, 11) is 0. The van der Waals surface area contributed by atoms with Gasteiger partial charge in [-0.05, 0) is 43.3 Å². The van der Waals surface area contributed by atoms with Crippen molar-refractivity contribution in [3.63, 3.8) is 0 Å². The number of H-pyrrole nitrogens is 1. The van der Waals surface area contributed by atoms with Crippen molar-refractivity contribution in [3.8, 4) is 11.6 Å². The standard InChI is InChI=1S/C25H26N8O2/c1-17-15-22(35-20-5-3-2-4-6-20)31-25(28-17)30-21-16-27-32-23(21)24(34)29-18-7-9-19(10-8-18)33-13-11-26-12-14-33/h2-10,15-16,26H,11-14H2,1H3,(H,27,32)(H,29,34)(H,28,30,31). The van der Waals surface area contributed by atoms with Gasteiger partial charge in [0.05, 0.1) is 11.9 Å². The lowest BCUT2D eigenvalue weighted by Crippen LogP contribution is -2.43. The number of amides is 1. The van der Waals surface area contributed by atoms with Gasteiger partial charge in [-0.25, -0.2) is 4.98 Å². The summed E-state index contributed by atoms with van der Waals surface area (Å²) in [6.07, 6.45) is 1.52. The summed E-state index contributed by atoms with van der Waals surface area (Å²) in [4.78, 5) is 24.1. The first kappa shape index (κ1) is 22.4. The molecule has 10 nitrogen and oxygen atoms in total. The molecule has 2 aromatic carbocycles. The van der Waals surface area contributed by atoms with Crippen molar-refractivity contribution in [2.24, 2.45) is 0 Å². The summed E-state index contributed by atoms with van der Waals surface area (Å²) in [5.74, 6) is 1.04. The molecular formula is C25H26N8O2. The van der Waals surface area contributed by atoms with Crippen LogP contribution < -0.4 is 25.6 Å². The summed E-state index contributed by atoms with van der Waals surface area (Å²) in [5.41, 5.74) is 3.27. The number of carbonyl (C=O) groups excluding carboxylic acids is 1. The fourth-order valence-electron chi connectivity index (χ4n) is 3.80. The molecule has 0 aliphatic carbocycles. The smallest absolute Gasteiger partial charge is 0.275 e. The van der Waals surface area contributed by atoms with Crippen LogP contribution in [0, 0.1) is 6.92 Å². The van der Waals surface area contributed by atoms with Gasteiger partial charge in [0.1, 0.15) is 11.4 Å². The zero-order valence-electron chi connectivity index (χ0n) is 19.3. The number of hydrogen-bond acceptors (Lipinski definition) is 8. The molecular weight excluding hydrogens is 444 g/mol. The summed E-state index contributed by atoms with van der Waals surface area (Å²) >= 11 is 0. The topological polar surface area (TPSA) is 120 Å². The number of aromatic amines is 1. The highest BCUT2D eigenvalue weighted by molar-refractivity contribution is 6.06. The van der Waals surface area contributed by atoms with Crippen LogP contribution >= 0.6 is 0 Å². The zero-order chi connectivity index (χ0) is 24.0. The zero-order valence-corrected chi connectivity index (χ0v) is 19.3. The van der Waals surface area contributed by atoms with E-state index in [-0.39, 0.29) is 11.6 Å². The lowest BCUT2D eigenvalue weighted by Gasteiger charge is -2.29. The van der Waals surface area contributed by atoms with Crippen LogP contribution in [0.3, 0.4) is 0 Å². The van der Waals surface area contributed by atoms with Crippen LogP contribution in [0.2, 0.25) is 0 Å². The molecule has 0 saturated carbocycles. The van der Waals surface area contributed by atoms with Gasteiger partial charge >= 0.3 is 0 Å². The van der Waals surface area contributed by atoms with Gasteiger partial charge in [0, 0.05) is 49.3 Å². The molecule has 2 aromatic heterocycles. The van der Waals surface area contributed by atoms with Crippen molar-refractivity contribution in [1.82, 2.24) is 25.5 Å². The van der Waals surface area contributed by atoms with Crippen LogP contribution in [0.25, 0.3) is 0 Å². The molecule has 0 bridgehead atoms. The Hall–Kier alpha value is -4.44. The Balaban J connectivity index is 1.27. The van der Waals surface area contributed by atoms with Gasteiger partial charge in [-0.2, -0.15) is 10.1 Å². The molecule has 35 heavy (non-hydrogen) atoms. The molecule has 3 heterocycles. The highest BCUT2D eigenvalue weighted by atomic mass is 16.5. The van der Waals surface area contributed by atoms with E-state index in [0.29, 0.717) is 34.6 Å². The molecule has 0 atom stereocenters. The molecule has 0 radical (unpaired) electrons. The molecule has 0 spiro atoms. The van der Waals surface area contributed by atoms with E-state index in [1.807, 2.05) is 61.5 Å². The third kappa shape index (κ3) is 5.56.